The van der Waals surface area contributed by atoms with E-state index in [4.69, 9.17) is 9.47 Å². The summed E-state index contributed by atoms with van der Waals surface area (Å²) in [4.78, 5) is 53.0. The minimum absolute atomic E-state index is 0.0720. The van der Waals surface area contributed by atoms with E-state index in [-0.39, 0.29) is 25.0 Å². The summed E-state index contributed by atoms with van der Waals surface area (Å²) in [6, 6.07) is 40.6. The van der Waals surface area contributed by atoms with Crippen molar-refractivity contribution in [1.29, 1.82) is 0 Å². The van der Waals surface area contributed by atoms with E-state index < -0.39 is 41.5 Å². The average molecular weight is 843 g/mol. The highest BCUT2D eigenvalue weighted by atomic mass is 16.6. The maximum atomic E-state index is 15.9. The summed E-state index contributed by atoms with van der Waals surface area (Å²) in [7, 11) is 2.03. The highest BCUT2D eigenvalue weighted by molar-refractivity contribution is 6.12. The number of rotatable bonds is 10. The number of aliphatic hydroxyl groups is 1. The van der Waals surface area contributed by atoms with Crippen LogP contribution in [0.5, 0.6) is 5.75 Å². The van der Waals surface area contributed by atoms with Gasteiger partial charge in [-0.15, -0.1) is 0 Å². The summed E-state index contributed by atoms with van der Waals surface area (Å²) in [6.45, 7) is 2.21. The van der Waals surface area contributed by atoms with Crippen molar-refractivity contribution in [2.45, 2.75) is 68.3 Å². The van der Waals surface area contributed by atoms with Crippen LogP contribution in [0.4, 0.5) is 5.69 Å². The zero-order chi connectivity index (χ0) is 43.3. The van der Waals surface area contributed by atoms with Gasteiger partial charge in [-0.1, -0.05) is 134 Å². The average Bonchev–Trinajstić information content (AvgIpc) is 3.77. The van der Waals surface area contributed by atoms with Crippen molar-refractivity contribution < 1.29 is 29.0 Å². The minimum Gasteiger partial charge on any atom is -0.491 e. The first-order chi connectivity index (χ1) is 30.9. The number of amides is 2. The van der Waals surface area contributed by atoms with E-state index in [2.05, 4.69) is 39.1 Å². The van der Waals surface area contributed by atoms with Gasteiger partial charge in [-0.05, 0) is 78.0 Å². The van der Waals surface area contributed by atoms with Crippen LogP contribution in [0.2, 0.25) is 0 Å². The molecular formula is C53H54N4O6. The number of hydrogen-bond donors (Lipinski definition) is 2. The summed E-state index contributed by atoms with van der Waals surface area (Å²) < 4.78 is 12.7. The number of carbonyl (C=O) groups excluding carboxylic acids is 3. The molecule has 4 aliphatic heterocycles. The topological polar surface area (TPSA) is 112 Å². The van der Waals surface area contributed by atoms with Gasteiger partial charge in [0.2, 0.25) is 11.8 Å². The van der Waals surface area contributed by atoms with Gasteiger partial charge >= 0.3 is 5.97 Å². The molecule has 0 aliphatic carbocycles. The Morgan fingerprint density at radius 2 is 1.48 bits per heavy atom. The fourth-order valence-electron chi connectivity index (χ4n) is 10.5. The first-order valence-electron chi connectivity index (χ1n) is 22.3. The van der Waals surface area contributed by atoms with Gasteiger partial charge in [0.1, 0.15) is 29.9 Å². The van der Waals surface area contributed by atoms with Gasteiger partial charge < -0.3 is 24.8 Å². The summed E-state index contributed by atoms with van der Waals surface area (Å²) >= 11 is 0. The van der Waals surface area contributed by atoms with Crippen LogP contribution in [0.15, 0.2) is 133 Å². The van der Waals surface area contributed by atoms with Crippen LogP contribution in [0.3, 0.4) is 0 Å². The Labute approximate surface area is 369 Å². The first kappa shape index (κ1) is 42.1. The van der Waals surface area contributed by atoms with Gasteiger partial charge in [-0.3, -0.25) is 24.2 Å². The Hall–Kier alpha value is -6.25. The molecule has 322 valence electrons. The molecule has 10 heteroatoms. The number of nitrogens with zero attached hydrogens (tertiary/aromatic N) is 3. The zero-order valence-corrected chi connectivity index (χ0v) is 35.7. The van der Waals surface area contributed by atoms with Crippen molar-refractivity contribution in [2.75, 3.05) is 45.2 Å². The Morgan fingerprint density at radius 3 is 2.19 bits per heavy atom. The maximum Gasteiger partial charge on any atom is 0.324 e. The second kappa shape index (κ2) is 18.6. The van der Waals surface area contributed by atoms with Crippen molar-refractivity contribution in [1.82, 2.24) is 14.7 Å². The van der Waals surface area contributed by atoms with Gasteiger partial charge in [-0.2, -0.15) is 0 Å². The predicted molar refractivity (Wildman–Crippen MR) is 241 cm³/mol. The first-order valence-corrected chi connectivity index (χ1v) is 22.3. The molecule has 0 bridgehead atoms. The van der Waals surface area contributed by atoms with Crippen molar-refractivity contribution in [2.24, 2.45) is 5.92 Å². The van der Waals surface area contributed by atoms with Gasteiger partial charge in [0, 0.05) is 30.9 Å². The number of anilines is 1. The molecule has 6 atom stereocenters. The second-order valence-electron chi connectivity index (χ2n) is 17.2. The SMILES string of the molecule is CN(CC#Cc1ccc2c(c1)[C@]1(C(=O)N2)[C@H](C(=O)N2CCCCCCC2)[C@H]2C(=O)O[C@H](c3ccccc3)[C@H](c3ccccc3)N2[C@@H]1c1cccc(OCCO)c1)Cc1ccccc1. The molecular weight excluding hydrogens is 789 g/mol. The predicted octanol–water partition coefficient (Wildman–Crippen LogP) is 7.60. The molecule has 3 saturated heterocycles. The van der Waals surface area contributed by atoms with Crippen LogP contribution >= 0.6 is 0 Å². The highest BCUT2D eigenvalue weighted by Crippen LogP contribution is 2.65. The monoisotopic (exact) mass is 842 g/mol. The van der Waals surface area contributed by atoms with Gasteiger partial charge in [0.25, 0.3) is 0 Å². The number of aliphatic hydroxyl groups excluding tert-OH is 1. The molecule has 0 unspecified atom stereocenters. The van der Waals surface area contributed by atoms with E-state index in [0.717, 1.165) is 49.8 Å². The molecule has 0 radical (unpaired) electrons. The lowest BCUT2D eigenvalue weighted by atomic mass is 9.65. The largest absolute Gasteiger partial charge is 0.491 e. The van der Waals surface area contributed by atoms with Crippen molar-refractivity contribution >= 4 is 23.5 Å². The van der Waals surface area contributed by atoms with Crippen LogP contribution in [0, 0.1) is 17.8 Å². The fraction of sp³-hybridized carbons (Fsp3) is 0.340. The molecule has 2 amide bonds. The van der Waals surface area contributed by atoms with Crippen LogP contribution in [-0.4, -0.2) is 83.5 Å². The number of hydrogen-bond acceptors (Lipinski definition) is 8. The summed E-state index contributed by atoms with van der Waals surface area (Å²) in [5, 5.41) is 13.0. The molecule has 4 aliphatic rings. The van der Waals surface area contributed by atoms with E-state index >= 15 is 14.4 Å². The third kappa shape index (κ3) is 8.13. The molecule has 1 spiro atoms. The maximum absolute atomic E-state index is 15.9. The highest BCUT2D eigenvalue weighted by Gasteiger charge is 2.74. The molecule has 10 nitrogen and oxygen atoms in total. The minimum atomic E-state index is -1.62. The molecule has 2 N–H and O–H groups in total. The lowest BCUT2D eigenvalue weighted by Gasteiger charge is -2.46. The molecule has 4 heterocycles. The number of likely N-dealkylation sites (tertiary alicyclic amines) is 1. The van der Waals surface area contributed by atoms with Crippen LogP contribution in [0.1, 0.15) is 83.7 Å². The van der Waals surface area contributed by atoms with E-state index in [1.165, 1.54) is 5.56 Å². The van der Waals surface area contributed by atoms with Gasteiger partial charge in [-0.25, -0.2) is 0 Å². The van der Waals surface area contributed by atoms with E-state index in [1.807, 2.05) is 133 Å². The number of esters is 1. The summed E-state index contributed by atoms with van der Waals surface area (Å²) in [5.74, 6) is 4.94. The number of carbonyl (C=O) groups is 3. The quantitative estimate of drug-likeness (QED) is 0.109. The zero-order valence-electron chi connectivity index (χ0n) is 35.7. The van der Waals surface area contributed by atoms with E-state index in [0.29, 0.717) is 47.8 Å². The fourth-order valence-corrected chi connectivity index (χ4v) is 10.5. The Bertz CT molecular complexity index is 2480. The molecule has 5 aromatic rings. The standard InChI is InChI=1S/C53H54N4O6/c1-55(36-38-18-8-5-9-19-38)29-17-20-37-27-28-44-43(34-37)53(52(61)54-44)45(50(59)56-30-14-3-2-4-15-31-56)47-51(60)63-48(40-23-12-7-13-24-40)46(39-21-10-6-11-22-39)57(47)49(53)41-25-16-26-42(35-41)62-33-32-58/h5-13,16,18-19,21-28,34-35,45-49,58H,2-4,14-15,29-33,36H2,1H3,(H,54,61)/t45-,46-,47-,48+,49+,53-/m0/s1. The number of nitrogens with one attached hydrogen (secondary N) is 1. The Morgan fingerprint density at radius 1 is 0.810 bits per heavy atom. The Balaban J connectivity index is 1.26. The number of fused-ring (bicyclic) bond motifs is 3. The van der Waals surface area contributed by atoms with Crippen LogP contribution in [-0.2, 0) is 31.1 Å². The molecule has 0 saturated carbocycles. The van der Waals surface area contributed by atoms with Crippen LogP contribution in [0.25, 0.3) is 0 Å². The molecule has 63 heavy (non-hydrogen) atoms. The van der Waals surface area contributed by atoms with Gasteiger partial charge in [0.05, 0.1) is 31.2 Å². The number of morpholine rings is 1. The third-order valence-corrected chi connectivity index (χ3v) is 13.2. The number of cyclic esters (lactones) is 1. The van der Waals surface area contributed by atoms with Crippen molar-refractivity contribution in [3.63, 3.8) is 0 Å². The van der Waals surface area contributed by atoms with Crippen LogP contribution < -0.4 is 10.1 Å². The van der Waals surface area contributed by atoms with E-state index in [1.54, 1.807) is 0 Å². The van der Waals surface area contributed by atoms with Crippen molar-refractivity contribution in [3.05, 3.63) is 167 Å². The van der Waals surface area contributed by atoms with Gasteiger partial charge in [0.15, 0.2) is 0 Å². The normalized spacial score (nSPS) is 24.4. The van der Waals surface area contributed by atoms with E-state index in [9.17, 15) is 5.11 Å². The second-order valence-corrected chi connectivity index (χ2v) is 17.2. The molecule has 5 aromatic carbocycles. The lowest BCUT2D eigenvalue weighted by molar-refractivity contribution is -0.179. The summed E-state index contributed by atoms with van der Waals surface area (Å²) in [6.07, 6.45) is 4.01. The molecule has 3 fully saturated rings. The smallest absolute Gasteiger partial charge is 0.324 e. The number of ether oxygens (including phenoxy) is 2. The molecule has 0 aromatic heterocycles. The Kier molecular flexibility index (Phi) is 12.4. The lowest BCUT2D eigenvalue weighted by Crippen LogP contribution is -2.55. The number of benzene rings is 5. The summed E-state index contributed by atoms with van der Waals surface area (Å²) in [5.41, 5.74) is 3.86. The molecule has 9 rings (SSSR count). The van der Waals surface area contributed by atoms with Crippen molar-refractivity contribution in [3.8, 4) is 17.6 Å². The third-order valence-electron chi connectivity index (χ3n) is 13.2.